The first-order valence-electron chi connectivity index (χ1n) is 12.6. The lowest BCUT2D eigenvalue weighted by Crippen LogP contribution is -2.56. The Morgan fingerprint density at radius 1 is 0.946 bits per heavy atom. The predicted octanol–water partition coefficient (Wildman–Crippen LogP) is 5.91. The number of para-hydroxylation sites is 1. The lowest BCUT2D eigenvalue weighted by Gasteiger charge is -2.42. The Balaban J connectivity index is 1.51. The van der Waals surface area contributed by atoms with Crippen molar-refractivity contribution in [3.63, 3.8) is 0 Å². The van der Waals surface area contributed by atoms with Crippen molar-refractivity contribution in [2.75, 3.05) is 38.1 Å². The van der Waals surface area contributed by atoms with Crippen molar-refractivity contribution >= 4 is 40.6 Å². The van der Waals surface area contributed by atoms with Crippen LogP contribution < -0.4 is 4.90 Å². The number of halogens is 2. The summed E-state index contributed by atoms with van der Waals surface area (Å²) in [5.41, 5.74) is 3.03. The normalized spacial score (nSPS) is 16.9. The van der Waals surface area contributed by atoms with Gasteiger partial charge in [0.25, 0.3) is 0 Å². The molecule has 1 saturated heterocycles. The highest BCUT2D eigenvalue weighted by Gasteiger charge is 2.32. The Bertz CT molecular complexity index is 1210. The highest BCUT2D eigenvalue weighted by atomic mass is 35.5. The van der Waals surface area contributed by atoms with Crippen molar-refractivity contribution in [3.8, 4) is 0 Å². The molecule has 0 radical (unpaired) electrons. The van der Waals surface area contributed by atoms with Crippen molar-refractivity contribution in [3.05, 3.63) is 100 Å². The van der Waals surface area contributed by atoms with E-state index < -0.39 is 5.92 Å². The van der Waals surface area contributed by atoms with E-state index >= 15 is 0 Å². The van der Waals surface area contributed by atoms with Crippen LogP contribution in [0.4, 0.5) is 5.69 Å². The maximum Gasteiger partial charge on any atom is 0.230 e. The zero-order valence-electron chi connectivity index (χ0n) is 21.3. The molecule has 194 valence electrons. The molecular formula is C30H33Cl2N3O2. The molecular weight excluding hydrogens is 505 g/mol. The Hall–Kier alpha value is -2.86. The molecule has 0 aromatic heterocycles. The second kappa shape index (κ2) is 12.6. The monoisotopic (exact) mass is 537 g/mol. The van der Waals surface area contributed by atoms with Gasteiger partial charge >= 0.3 is 0 Å². The van der Waals surface area contributed by atoms with E-state index in [0.717, 1.165) is 29.9 Å². The minimum atomic E-state index is -0.400. The van der Waals surface area contributed by atoms with Crippen LogP contribution >= 0.6 is 23.2 Å². The van der Waals surface area contributed by atoms with Gasteiger partial charge in [0.15, 0.2) is 0 Å². The molecule has 0 saturated carbocycles. The van der Waals surface area contributed by atoms with Crippen LogP contribution in [0.15, 0.2) is 78.9 Å². The minimum Gasteiger partial charge on any atom is -0.368 e. The Labute approximate surface area is 229 Å². The molecule has 1 amide bonds. The van der Waals surface area contributed by atoms with Gasteiger partial charge in [0, 0.05) is 45.5 Å². The summed E-state index contributed by atoms with van der Waals surface area (Å²) in [6.45, 7) is 5.01. The first-order valence-corrected chi connectivity index (χ1v) is 13.4. The molecule has 1 fully saturated rings. The molecule has 1 aliphatic rings. The number of benzene rings is 3. The number of likely N-dealkylation sites (N-methyl/N-ethyl adjacent to an activating group) is 1. The molecule has 3 aromatic carbocycles. The molecule has 0 aliphatic carbocycles. The fourth-order valence-corrected chi connectivity index (χ4v) is 5.31. The standard InChI is InChI=1S/C30H33Cl2N3O2/c1-22(36)29-21-35(25-11-7-4-8-12-25)18-17-34(29)16-15-26(24-13-14-27(31)28(32)19-24)30(37)33(2)20-23-9-5-3-6-10-23/h3-14,19,26,29H,15-18,20-21H2,1-2H3. The van der Waals surface area contributed by atoms with Crippen LogP contribution in [0.2, 0.25) is 10.0 Å². The van der Waals surface area contributed by atoms with Gasteiger partial charge in [0.05, 0.1) is 22.0 Å². The van der Waals surface area contributed by atoms with Crippen LogP contribution in [-0.4, -0.2) is 60.8 Å². The van der Waals surface area contributed by atoms with Gasteiger partial charge in [-0.3, -0.25) is 14.5 Å². The largest absolute Gasteiger partial charge is 0.368 e. The lowest BCUT2D eigenvalue weighted by atomic mass is 9.93. The highest BCUT2D eigenvalue weighted by Crippen LogP contribution is 2.30. The van der Waals surface area contributed by atoms with E-state index in [4.69, 9.17) is 23.2 Å². The molecule has 7 heteroatoms. The van der Waals surface area contributed by atoms with Crippen LogP contribution in [0, 0.1) is 0 Å². The van der Waals surface area contributed by atoms with Gasteiger partial charge in [-0.1, -0.05) is 77.8 Å². The third kappa shape index (κ3) is 6.92. The van der Waals surface area contributed by atoms with Gasteiger partial charge in [0.1, 0.15) is 5.78 Å². The topological polar surface area (TPSA) is 43.9 Å². The van der Waals surface area contributed by atoms with Gasteiger partial charge in [-0.05, 0) is 48.7 Å². The van der Waals surface area contributed by atoms with Crippen LogP contribution in [0.25, 0.3) is 0 Å². The van der Waals surface area contributed by atoms with Gasteiger partial charge in [-0.2, -0.15) is 0 Å². The SMILES string of the molecule is CC(=O)C1CN(c2ccccc2)CCN1CCC(C(=O)N(C)Cc1ccccc1)c1ccc(Cl)c(Cl)c1. The number of anilines is 1. The quantitative estimate of drug-likeness (QED) is 0.340. The molecule has 2 atom stereocenters. The zero-order chi connectivity index (χ0) is 26.4. The van der Waals surface area contributed by atoms with Gasteiger partial charge in [-0.15, -0.1) is 0 Å². The van der Waals surface area contributed by atoms with Crippen molar-refractivity contribution < 1.29 is 9.59 Å². The van der Waals surface area contributed by atoms with Gasteiger partial charge in [0.2, 0.25) is 5.91 Å². The second-order valence-electron chi connectivity index (χ2n) is 9.64. The molecule has 2 unspecified atom stereocenters. The van der Waals surface area contributed by atoms with Crippen LogP contribution in [0.3, 0.4) is 0 Å². The fraction of sp³-hybridized carbons (Fsp3) is 0.333. The lowest BCUT2D eigenvalue weighted by molar-refractivity contribution is -0.132. The molecule has 37 heavy (non-hydrogen) atoms. The summed E-state index contributed by atoms with van der Waals surface area (Å²) in [7, 11) is 1.83. The zero-order valence-corrected chi connectivity index (χ0v) is 22.8. The molecule has 3 aromatic rings. The summed E-state index contributed by atoms with van der Waals surface area (Å²) in [6.07, 6.45) is 0.574. The number of hydrogen-bond donors (Lipinski definition) is 0. The molecule has 4 rings (SSSR count). The summed E-state index contributed by atoms with van der Waals surface area (Å²) in [6, 6.07) is 25.3. The number of rotatable bonds is 9. The van der Waals surface area contributed by atoms with Crippen molar-refractivity contribution in [1.82, 2.24) is 9.80 Å². The number of Topliss-reactive ketones (excluding diaryl/α,β-unsaturated/α-hetero) is 1. The summed E-state index contributed by atoms with van der Waals surface area (Å²) < 4.78 is 0. The Morgan fingerprint density at radius 2 is 1.62 bits per heavy atom. The Kier molecular flexibility index (Phi) is 9.25. The number of amides is 1. The van der Waals surface area contributed by atoms with E-state index in [0.29, 0.717) is 36.1 Å². The minimum absolute atomic E-state index is 0.0181. The van der Waals surface area contributed by atoms with Crippen molar-refractivity contribution in [1.29, 1.82) is 0 Å². The summed E-state index contributed by atoms with van der Waals surface area (Å²) in [5.74, 6) is -0.244. The van der Waals surface area contributed by atoms with E-state index in [9.17, 15) is 9.59 Å². The molecule has 1 heterocycles. The Morgan fingerprint density at radius 3 is 2.27 bits per heavy atom. The van der Waals surface area contributed by atoms with Crippen LogP contribution in [0.1, 0.15) is 30.4 Å². The number of piperazine rings is 1. The maximum absolute atomic E-state index is 13.7. The molecule has 0 bridgehead atoms. The third-order valence-electron chi connectivity index (χ3n) is 7.07. The van der Waals surface area contributed by atoms with Crippen LogP contribution in [-0.2, 0) is 16.1 Å². The second-order valence-corrected chi connectivity index (χ2v) is 10.5. The number of carbonyl (C=O) groups excluding carboxylic acids is 2. The first-order chi connectivity index (χ1) is 17.8. The molecule has 1 aliphatic heterocycles. The number of carbonyl (C=O) groups is 2. The smallest absolute Gasteiger partial charge is 0.230 e. The van der Waals surface area contributed by atoms with Gasteiger partial charge < -0.3 is 9.80 Å². The van der Waals surface area contributed by atoms with Gasteiger partial charge in [-0.25, -0.2) is 0 Å². The van der Waals surface area contributed by atoms with E-state index in [1.165, 1.54) is 0 Å². The summed E-state index contributed by atoms with van der Waals surface area (Å²) >= 11 is 12.5. The van der Waals surface area contributed by atoms with E-state index in [2.05, 4.69) is 21.9 Å². The van der Waals surface area contributed by atoms with Crippen molar-refractivity contribution in [2.45, 2.75) is 31.8 Å². The third-order valence-corrected chi connectivity index (χ3v) is 7.81. The van der Waals surface area contributed by atoms with Crippen molar-refractivity contribution in [2.24, 2.45) is 0 Å². The number of nitrogens with zero attached hydrogens (tertiary/aromatic N) is 3. The molecule has 0 spiro atoms. The van der Waals surface area contributed by atoms with E-state index in [1.807, 2.05) is 61.6 Å². The molecule has 0 N–H and O–H groups in total. The average Bonchev–Trinajstić information content (AvgIpc) is 2.91. The van der Waals surface area contributed by atoms with E-state index in [-0.39, 0.29) is 17.7 Å². The highest BCUT2D eigenvalue weighted by molar-refractivity contribution is 6.42. The molecule has 5 nitrogen and oxygen atoms in total. The first kappa shape index (κ1) is 27.2. The fourth-order valence-electron chi connectivity index (χ4n) is 5.01. The maximum atomic E-state index is 13.7. The summed E-state index contributed by atoms with van der Waals surface area (Å²) in [4.78, 5) is 32.6. The number of ketones is 1. The van der Waals surface area contributed by atoms with E-state index in [1.54, 1.807) is 24.0 Å². The summed E-state index contributed by atoms with van der Waals surface area (Å²) in [5, 5.41) is 0.892. The average molecular weight is 539 g/mol. The van der Waals surface area contributed by atoms with Crippen LogP contribution in [0.5, 0.6) is 0 Å². The number of hydrogen-bond acceptors (Lipinski definition) is 4. The predicted molar refractivity (Wildman–Crippen MR) is 151 cm³/mol.